The Morgan fingerprint density at radius 1 is 1.10 bits per heavy atom. The molecule has 41 heavy (non-hydrogen) atoms. The maximum atomic E-state index is 14.2. The van der Waals surface area contributed by atoms with Crippen LogP contribution in [0.4, 0.5) is 4.39 Å². The summed E-state index contributed by atoms with van der Waals surface area (Å²) in [6.07, 6.45) is 1.35. The van der Waals surface area contributed by atoms with Crippen LogP contribution in [0.15, 0.2) is 36.5 Å². The molecular formula is C28H34FN5O7. The lowest BCUT2D eigenvalue weighted by Gasteiger charge is -2.23. The van der Waals surface area contributed by atoms with Gasteiger partial charge in [0.15, 0.2) is 0 Å². The molecule has 0 radical (unpaired) electrons. The molecule has 1 aromatic carbocycles. The summed E-state index contributed by atoms with van der Waals surface area (Å²) in [6.45, 7) is 4.15. The summed E-state index contributed by atoms with van der Waals surface area (Å²) >= 11 is 0. The Kier molecular flexibility index (Phi) is 10.8. The van der Waals surface area contributed by atoms with Crippen LogP contribution in [0.25, 0.3) is 10.9 Å². The first-order chi connectivity index (χ1) is 19.5. The standard InChI is InChI=1S/C28H34FN5O7/c1-15(2)10-21(26(37)33-20(24(35)28(39)30-3)11-16-6-5-7-31-25(16)36)34-27(38)22-14-18-19(32-22)12-17(29)13-23(18)41-9-8-40-4/h5-7,12-15,20-21,32H,8-11H2,1-4H3,(H,30,39)(H,31,36)(H,33,37)(H,34,38)/t20-,21-/m0/s1. The number of halogens is 1. The number of H-pyrrole nitrogens is 1. The second kappa shape index (κ2) is 14.2. The Morgan fingerprint density at radius 2 is 1.85 bits per heavy atom. The number of hydrogen-bond acceptors (Lipinski definition) is 8. The minimum absolute atomic E-state index is 0.0425. The van der Waals surface area contributed by atoms with Crippen molar-refractivity contribution in [3.05, 3.63) is 53.6 Å². The fourth-order valence-corrected chi connectivity index (χ4v) is 4.16. The highest BCUT2D eigenvalue weighted by molar-refractivity contribution is 6.38. The molecule has 3 aromatic rings. The van der Waals surface area contributed by atoms with Gasteiger partial charge in [-0.15, -0.1) is 0 Å². The summed E-state index contributed by atoms with van der Waals surface area (Å²) in [5.74, 6) is -3.95. The number of ether oxygens (including phenoxy) is 2. The Morgan fingerprint density at radius 3 is 2.51 bits per heavy atom. The smallest absolute Gasteiger partial charge is 0.289 e. The number of aromatic nitrogens is 2. The van der Waals surface area contributed by atoms with Gasteiger partial charge in [-0.05, 0) is 30.5 Å². The third-order valence-electron chi connectivity index (χ3n) is 6.16. The topological polar surface area (TPSA) is 172 Å². The van der Waals surface area contributed by atoms with Crippen molar-refractivity contribution in [2.75, 3.05) is 27.4 Å². The van der Waals surface area contributed by atoms with E-state index >= 15 is 0 Å². The average molecular weight is 572 g/mol. The molecule has 0 fully saturated rings. The average Bonchev–Trinajstić information content (AvgIpc) is 3.36. The fraction of sp³-hybridized carbons (Fsp3) is 0.393. The lowest BCUT2D eigenvalue weighted by Crippen LogP contribution is -2.54. The first-order valence-electron chi connectivity index (χ1n) is 13.0. The van der Waals surface area contributed by atoms with Crippen molar-refractivity contribution in [1.82, 2.24) is 25.9 Å². The number of aromatic hydroxyl groups is 1. The van der Waals surface area contributed by atoms with Crippen molar-refractivity contribution in [1.29, 1.82) is 0 Å². The van der Waals surface area contributed by atoms with E-state index in [1.54, 1.807) is 6.07 Å². The van der Waals surface area contributed by atoms with Gasteiger partial charge in [0.05, 0.1) is 12.1 Å². The van der Waals surface area contributed by atoms with Crippen LogP contribution in [-0.4, -0.2) is 78.0 Å². The summed E-state index contributed by atoms with van der Waals surface area (Å²) in [7, 11) is 2.79. The van der Waals surface area contributed by atoms with Crippen LogP contribution in [0.1, 0.15) is 36.3 Å². The SMILES string of the molecule is CNC(=O)C(=O)[C@H](Cc1cccnc1O)NC(=O)[C@H](CC(C)C)NC(=O)c1cc2c(OCCOC)cc(F)cc2[nH]1. The van der Waals surface area contributed by atoms with Gasteiger partial charge in [0.25, 0.3) is 11.8 Å². The van der Waals surface area contributed by atoms with Gasteiger partial charge in [-0.25, -0.2) is 9.37 Å². The first-order valence-corrected chi connectivity index (χ1v) is 13.0. The van der Waals surface area contributed by atoms with Crippen molar-refractivity contribution in [3.8, 4) is 11.6 Å². The number of carbonyl (C=O) groups excluding carboxylic acids is 4. The van der Waals surface area contributed by atoms with E-state index in [2.05, 4.69) is 25.9 Å². The van der Waals surface area contributed by atoms with Gasteiger partial charge in [-0.1, -0.05) is 19.9 Å². The number of ketones is 1. The summed E-state index contributed by atoms with van der Waals surface area (Å²) in [5, 5.41) is 18.0. The van der Waals surface area contributed by atoms with Gasteiger partial charge in [0, 0.05) is 43.8 Å². The molecule has 0 saturated carbocycles. The number of aromatic amines is 1. The van der Waals surface area contributed by atoms with Gasteiger partial charge in [-0.3, -0.25) is 19.2 Å². The van der Waals surface area contributed by atoms with Gasteiger partial charge in [0.2, 0.25) is 17.6 Å². The predicted octanol–water partition coefficient (Wildman–Crippen LogP) is 1.62. The van der Waals surface area contributed by atoms with E-state index < -0.39 is 41.4 Å². The zero-order valence-corrected chi connectivity index (χ0v) is 23.2. The van der Waals surface area contributed by atoms with Crippen LogP contribution >= 0.6 is 0 Å². The molecule has 0 saturated heterocycles. The van der Waals surface area contributed by atoms with Crippen LogP contribution in [0.3, 0.4) is 0 Å². The van der Waals surface area contributed by atoms with E-state index in [1.165, 1.54) is 44.6 Å². The summed E-state index contributed by atoms with van der Waals surface area (Å²) in [6, 6.07) is 4.53. The lowest BCUT2D eigenvalue weighted by atomic mass is 9.99. The van der Waals surface area contributed by atoms with E-state index in [-0.39, 0.29) is 54.9 Å². The van der Waals surface area contributed by atoms with Crippen molar-refractivity contribution >= 4 is 34.4 Å². The molecule has 5 N–H and O–H groups in total. The molecule has 220 valence electrons. The maximum absolute atomic E-state index is 14.2. The van der Waals surface area contributed by atoms with Gasteiger partial charge in [-0.2, -0.15) is 0 Å². The number of carbonyl (C=O) groups is 4. The molecule has 0 spiro atoms. The quantitative estimate of drug-likeness (QED) is 0.143. The van der Waals surface area contributed by atoms with Crippen molar-refractivity contribution in [3.63, 3.8) is 0 Å². The highest BCUT2D eigenvalue weighted by Crippen LogP contribution is 2.28. The van der Waals surface area contributed by atoms with Crippen molar-refractivity contribution in [2.24, 2.45) is 5.92 Å². The molecule has 3 amide bonds. The normalized spacial score (nSPS) is 12.5. The van der Waals surface area contributed by atoms with Gasteiger partial charge in [0.1, 0.15) is 36.0 Å². The molecule has 0 aliphatic carbocycles. The lowest BCUT2D eigenvalue weighted by molar-refractivity contribution is -0.140. The molecule has 0 bridgehead atoms. The highest BCUT2D eigenvalue weighted by atomic mass is 19.1. The molecule has 2 heterocycles. The zero-order chi connectivity index (χ0) is 30.1. The monoisotopic (exact) mass is 571 g/mol. The second-order valence-electron chi connectivity index (χ2n) is 9.74. The summed E-state index contributed by atoms with van der Waals surface area (Å²) in [5.41, 5.74) is 0.621. The number of rotatable bonds is 14. The van der Waals surface area contributed by atoms with Crippen LogP contribution in [-0.2, 0) is 25.5 Å². The zero-order valence-electron chi connectivity index (χ0n) is 23.2. The molecule has 3 rings (SSSR count). The van der Waals surface area contributed by atoms with E-state index in [4.69, 9.17) is 9.47 Å². The number of nitrogens with zero attached hydrogens (tertiary/aromatic N) is 1. The number of methoxy groups -OCH3 is 1. The van der Waals surface area contributed by atoms with E-state index in [0.717, 1.165) is 0 Å². The Hall–Kier alpha value is -4.52. The van der Waals surface area contributed by atoms with Gasteiger partial charge >= 0.3 is 0 Å². The summed E-state index contributed by atoms with van der Waals surface area (Å²) < 4.78 is 24.7. The Balaban J connectivity index is 1.84. The Labute approximate surface area is 236 Å². The molecule has 12 nitrogen and oxygen atoms in total. The molecule has 2 atom stereocenters. The number of Topliss-reactive ketones (excluding diaryl/α,β-unsaturated/α-hetero) is 1. The number of nitrogens with one attached hydrogen (secondary N) is 4. The van der Waals surface area contributed by atoms with Crippen LogP contribution in [0, 0.1) is 11.7 Å². The minimum atomic E-state index is -1.34. The van der Waals surface area contributed by atoms with E-state index in [1.807, 2.05) is 13.8 Å². The molecule has 2 aromatic heterocycles. The maximum Gasteiger partial charge on any atom is 0.289 e. The van der Waals surface area contributed by atoms with Crippen molar-refractivity contribution in [2.45, 2.75) is 38.8 Å². The third-order valence-corrected chi connectivity index (χ3v) is 6.16. The van der Waals surface area contributed by atoms with Crippen molar-refractivity contribution < 1.29 is 38.1 Å². The molecule has 0 aliphatic heterocycles. The number of likely N-dealkylation sites (N-methyl/N-ethyl adjacent to an activating group) is 1. The fourth-order valence-electron chi connectivity index (χ4n) is 4.16. The number of amides is 3. The molecule has 0 unspecified atom stereocenters. The molecule has 0 aliphatic rings. The molecular weight excluding hydrogens is 537 g/mol. The third kappa shape index (κ3) is 8.24. The van der Waals surface area contributed by atoms with Crippen LogP contribution < -0.4 is 20.7 Å². The number of pyridine rings is 1. The first kappa shape index (κ1) is 31.0. The van der Waals surface area contributed by atoms with Crippen LogP contribution in [0.5, 0.6) is 11.6 Å². The van der Waals surface area contributed by atoms with Gasteiger partial charge < -0.3 is 35.5 Å². The summed E-state index contributed by atoms with van der Waals surface area (Å²) in [4.78, 5) is 58.2. The highest BCUT2D eigenvalue weighted by Gasteiger charge is 2.31. The molecule has 13 heteroatoms. The largest absolute Gasteiger partial charge is 0.493 e. The number of fused-ring (bicyclic) bond motifs is 1. The Bertz CT molecular complexity index is 1410. The number of hydrogen-bond donors (Lipinski definition) is 5. The second-order valence-corrected chi connectivity index (χ2v) is 9.74. The van der Waals surface area contributed by atoms with E-state index in [9.17, 15) is 28.7 Å². The number of benzene rings is 1. The van der Waals surface area contributed by atoms with E-state index in [0.29, 0.717) is 10.9 Å². The predicted molar refractivity (Wildman–Crippen MR) is 147 cm³/mol. The minimum Gasteiger partial charge on any atom is -0.493 e. The van der Waals surface area contributed by atoms with Crippen LogP contribution in [0.2, 0.25) is 0 Å².